The van der Waals surface area contributed by atoms with Crippen LogP contribution in [-0.4, -0.2) is 23.8 Å². The number of thiophene rings is 1. The van der Waals surface area contributed by atoms with E-state index in [0.29, 0.717) is 6.54 Å². The number of carbonyl (C=O) groups excluding carboxylic acids is 1. The Labute approximate surface area is 111 Å². The molecule has 1 aliphatic rings. The summed E-state index contributed by atoms with van der Waals surface area (Å²) in [5.41, 5.74) is 0. The van der Waals surface area contributed by atoms with Crippen LogP contribution in [-0.2, 0) is 6.54 Å². The number of nitrogens with one attached hydrogen (secondary N) is 2. The standard InChI is InChI=1S/C13H18N2O2S/c1-9-2-5-12(18-9)7-14-13(17)15-11-4-3-10(6-11)8-16/h2-5,10-11,16H,6-8H2,1H3,(H2,14,15,17)/t10-,11+/m0/s1. The van der Waals surface area contributed by atoms with Gasteiger partial charge in [0.1, 0.15) is 0 Å². The number of aliphatic hydroxyl groups excluding tert-OH is 1. The topological polar surface area (TPSA) is 61.4 Å². The maximum Gasteiger partial charge on any atom is 0.315 e. The summed E-state index contributed by atoms with van der Waals surface area (Å²) >= 11 is 1.69. The van der Waals surface area contributed by atoms with Crippen LogP contribution >= 0.6 is 11.3 Å². The molecule has 0 spiro atoms. The normalized spacial score (nSPS) is 22.1. The van der Waals surface area contributed by atoms with Crippen molar-refractivity contribution in [1.29, 1.82) is 0 Å². The zero-order valence-electron chi connectivity index (χ0n) is 10.3. The van der Waals surface area contributed by atoms with Crippen LogP contribution in [0.5, 0.6) is 0 Å². The van der Waals surface area contributed by atoms with Gasteiger partial charge in [0.15, 0.2) is 0 Å². The van der Waals surface area contributed by atoms with Crippen molar-refractivity contribution in [3.05, 3.63) is 34.0 Å². The zero-order valence-corrected chi connectivity index (χ0v) is 11.2. The minimum absolute atomic E-state index is 0.0345. The Bertz CT molecular complexity index is 442. The van der Waals surface area contributed by atoms with E-state index in [1.807, 2.05) is 31.2 Å². The molecule has 5 heteroatoms. The van der Waals surface area contributed by atoms with Gasteiger partial charge in [-0.3, -0.25) is 0 Å². The molecule has 1 heterocycles. The summed E-state index contributed by atoms with van der Waals surface area (Å²) < 4.78 is 0. The first-order valence-electron chi connectivity index (χ1n) is 6.06. The van der Waals surface area contributed by atoms with Gasteiger partial charge < -0.3 is 15.7 Å². The summed E-state index contributed by atoms with van der Waals surface area (Å²) in [6.07, 6.45) is 4.67. The molecule has 0 aromatic carbocycles. The Morgan fingerprint density at radius 1 is 1.50 bits per heavy atom. The van der Waals surface area contributed by atoms with Crippen molar-refractivity contribution in [2.75, 3.05) is 6.61 Å². The van der Waals surface area contributed by atoms with Gasteiger partial charge in [-0.25, -0.2) is 4.79 Å². The Balaban J connectivity index is 1.71. The van der Waals surface area contributed by atoms with Gasteiger partial charge >= 0.3 is 6.03 Å². The molecular formula is C13H18N2O2S. The van der Waals surface area contributed by atoms with Crippen LogP contribution in [0, 0.1) is 12.8 Å². The van der Waals surface area contributed by atoms with Gasteiger partial charge in [-0.1, -0.05) is 12.2 Å². The predicted molar refractivity (Wildman–Crippen MR) is 72.5 cm³/mol. The third-order valence-electron chi connectivity index (χ3n) is 2.94. The highest BCUT2D eigenvalue weighted by Crippen LogP contribution is 2.17. The molecule has 2 rings (SSSR count). The van der Waals surface area contributed by atoms with Gasteiger partial charge in [-0.2, -0.15) is 0 Å². The second-order valence-corrected chi connectivity index (χ2v) is 5.88. The highest BCUT2D eigenvalue weighted by atomic mass is 32.1. The first-order chi connectivity index (χ1) is 8.67. The SMILES string of the molecule is Cc1ccc(CNC(=O)N[C@@H]2C=C[C@H](CO)C2)s1. The third-order valence-corrected chi connectivity index (χ3v) is 3.94. The van der Waals surface area contributed by atoms with E-state index in [9.17, 15) is 4.79 Å². The van der Waals surface area contributed by atoms with E-state index in [1.54, 1.807) is 11.3 Å². The minimum Gasteiger partial charge on any atom is -0.396 e. The van der Waals surface area contributed by atoms with Crippen molar-refractivity contribution in [3.63, 3.8) is 0 Å². The van der Waals surface area contributed by atoms with Crippen molar-refractivity contribution >= 4 is 17.4 Å². The van der Waals surface area contributed by atoms with Crippen LogP contribution in [0.4, 0.5) is 4.79 Å². The molecule has 1 aromatic heterocycles. The fourth-order valence-corrected chi connectivity index (χ4v) is 2.81. The number of rotatable bonds is 4. The van der Waals surface area contributed by atoms with Crippen molar-refractivity contribution in [1.82, 2.24) is 10.6 Å². The van der Waals surface area contributed by atoms with Gasteiger partial charge in [0.05, 0.1) is 6.54 Å². The van der Waals surface area contributed by atoms with Crippen LogP contribution in [0.25, 0.3) is 0 Å². The molecule has 0 radical (unpaired) electrons. The summed E-state index contributed by atoms with van der Waals surface area (Å²) in [6, 6.07) is 3.95. The predicted octanol–water partition coefficient (Wildman–Crippen LogP) is 1.79. The molecule has 1 aromatic rings. The smallest absolute Gasteiger partial charge is 0.315 e. The molecule has 3 N–H and O–H groups in total. The average Bonchev–Trinajstić information content (AvgIpc) is 2.95. The van der Waals surface area contributed by atoms with Crippen LogP contribution in [0.2, 0.25) is 0 Å². The van der Waals surface area contributed by atoms with E-state index >= 15 is 0 Å². The fourth-order valence-electron chi connectivity index (χ4n) is 1.98. The molecule has 0 bridgehead atoms. The maximum absolute atomic E-state index is 11.7. The molecule has 0 unspecified atom stereocenters. The van der Waals surface area contributed by atoms with Crippen LogP contribution < -0.4 is 10.6 Å². The molecule has 18 heavy (non-hydrogen) atoms. The molecule has 2 atom stereocenters. The summed E-state index contributed by atoms with van der Waals surface area (Å²) in [5, 5.41) is 14.7. The molecule has 0 aliphatic heterocycles. The molecule has 0 saturated carbocycles. The monoisotopic (exact) mass is 266 g/mol. The Morgan fingerprint density at radius 2 is 2.33 bits per heavy atom. The van der Waals surface area contributed by atoms with Crippen LogP contribution in [0.1, 0.15) is 16.2 Å². The number of aliphatic hydroxyl groups is 1. The maximum atomic E-state index is 11.7. The molecule has 98 valence electrons. The van der Waals surface area contributed by atoms with Crippen molar-refractivity contribution < 1.29 is 9.90 Å². The largest absolute Gasteiger partial charge is 0.396 e. The first-order valence-corrected chi connectivity index (χ1v) is 6.88. The van der Waals surface area contributed by atoms with E-state index in [1.165, 1.54) is 4.88 Å². The fraction of sp³-hybridized carbons (Fsp3) is 0.462. The Kier molecular flexibility index (Phi) is 4.38. The van der Waals surface area contributed by atoms with Gasteiger partial charge in [0, 0.05) is 28.3 Å². The second-order valence-electron chi connectivity index (χ2n) is 4.51. The van der Waals surface area contributed by atoms with E-state index in [4.69, 9.17) is 5.11 Å². The van der Waals surface area contributed by atoms with Crippen LogP contribution in [0.15, 0.2) is 24.3 Å². The highest BCUT2D eigenvalue weighted by molar-refractivity contribution is 7.11. The second kappa shape index (κ2) is 6.02. The van der Waals surface area contributed by atoms with E-state index in [2.05, 4.69) is 10.6 Å². The third kappa shape index (κ3) is 3.58. The van der Waals surface area contributed by atoms with Crippen LogP contribution in [0.3, 0.4) is 0 Å². The lowest BCUT2D eigenvalue weighted by Gasteiger charge is -2.13. The van der Waals surface area contributed by atoms with Crippen molar-refractivity contribution in [2.45, 2.75) is 25.9 Å². The van der Waals surface area contributed by atoms with Gasteiger partial charge in [0.25, 0.3) is 0 Å². The summed E-state index contributed by atoms with van der Waals surface area (Å²) in [4.78, 5) is 14.1. The quantitative estimate of drug-likeness (QED) is 0.728. The number of urea groups is 1. The number of hydrogen-bond acceptors (Lipinski definition) is 3. The molecule has 0 saturated heterocycles. The van der Waals surface area contributed by atoms with Gasteiger partial charge in [-0.15, -0.1) is 11.3 Å². The molecule has 4 nitrogen and oxygen atoms in total. The van der Waals surface area contributed by atoms with E-state index in [-0.39, 0.29) is 24.6 Å². The minimum atomic E-state index is -0.158. The number of aryl methyl sites for hydroxylation is 1. The lowest BCUT2D eigenvalue weighted by Crippen LogP contribution is -2.40. The molecular weight excluding hydrogens is 248 g/mol. The Morgan fingerprint density at radius 3 is 2.94 bits per heavy atom. The summed E-state index contributed by atoms with van der Waals surface area (Å²) in [5.74, 6) is 0.176. The molecule has 1 aliphatic carbocycles. The average molecular weight is 266 g/mol. The van der Waals surface area contributed by atoms with E-state index in [0.717, 1.165) is 11.3 Å². The number of amides is 2. The molecule has 0 fully saturated rings. The van der Waals surface area contributed by atoms with Gasteiger partial charge in [0.2, 0.25) is 0 Å². The lowest BCUT2D eigenvalue weighted by molar-refractivity contribution is 0.231. The highest BCUT2D eigenvalue weighted by Gasteiger charge is 2.19. The number of hydrogen-bond donors (Lipinski definition) is 3. The molecule has 2 amide bonds. The van der Waals surface area contributed by atoms with E-state index < -0.39 is 0 Å². The number of carbonyl (C=O) groups is 1. The Hall–Kier alpha value is -1.33. The summed E-state index contributed by atoms with van der Waals surface area (Å²) in [7, 11) is 0. The van der Waals surface area contributed by atoms with Gasteiger partial charge in [-0.05, 0) is 25.5 Å². The van der Waals surface area contributed by atoms with Crippen molar-refractivity contribution in [3.8, 4) is 0 Å². The summed E-state index contributed by atoms with van der Waals surface area (Å²) in [6.45, 7) is 2.75. The zero-order chi connectivity index (χ0) is 13.0. The lowest BCUT2D eigenvalue weighted by atomic mass is 10.1. The van der Waals surface area contributed by atoms with Crippen molar-refractivity contribution in [2.24, 2.45) is 5.92 Å². The first kappa shape index (κ1) is 13.1.